The van der Waals surface area contributed by atoms with Gasteiger partial charge in [0.1, 0.15) is 5.75 Å². The van der Waals surface area contributed by atoms with E-state index in [1.165, 1.54) is 51.3 Å². The Morgan fingerprint density at radius 3 is 2.03 bits per heavy atom. The van der Waals surface area contributed by atoms with Crippen LogP contribution in [0.4, 0.5) is 18.9 Å². The van der Waals surface area contributed by atoms with Crippen LogP contribution >= 0.6 is 0 Å². The van der Waals surface area contributed by atoms with Crippen LogP contribution in [-0.2, 0) is 25.0 Å². The lowest BCUT2D eigenvalue weighted by molar-refractivity contribution is -0.192. The third-order valence-corrected chi connectivity index (χ3v) is 8.16. The Morgan fingerprint density at radius 2 is 1.55 bits per heavy atom. The molecule has 3 N–H and O–H groups in total. The SMILES string of the molecule is COc1ccc(S(=O)(=O)Nc2ccc(C3(C(=O)NCC4CCCCC4)CC3)cc2)cc1.O=C(O)C(F)(F)F. The Balaban J connectivity index is 0.000000505. The third-order valence-electron chi connectivity index (χ3n) is 6.76. The fourth-order valence-electron chi connectivity index (χ4n) is 4.40. The molecule has 2 aliphatic carbocycles. The largest absolute Gasteiger partial charge is 0.497 e. The van der Waals surface area contributed by atoms with Crippen LogP contribution in [-0.4, -0.2) is 45.2 Å². The van der Waals surface area contributed by atoms with Crippen LogP contribution in [0.5, 0.6) is 5.75 Å². The highest BCUT2D eigenvalue weighted by Gasteiger charge is 2.51. The van der Waals surface area contributed by atoms with Crippen molar-refractivity contribution in [1.29, 1.82) is 0 Å². The van der Waals surface area contributed by atoms with E-state index in [2.05, 4.69) is 10.0 Å². The number of ether oxygens (including phenoxy) is 1. The van der Waals surface area contributed by atoms with Crippen molar-refractivity contribution in [3.05, 3.63) is 54.1 Å². The maximum Gasteiger partial charge on any atom is 0.490 e. The van der Waals surface area contributed by atoms with Gasteiger partial charge in [-0.25, -0.2) is 13.2 Å². The lowest BCUT2D eigenvalue weighted by atomic mass is 9.88. The van der Waals surface area contributed by atoms with Crippen LogP contribution in [0.25, 0.3) is 0 Å². The summed E-state index contributed by atoms with van der Waals surface area (Å²) >= 11 is 0. The van der Waals surface area contributed by atoms with Crippen molar-refractivity contribution in [2.75, 3.05) is 18.4 Å². The molecule has 208 valence electrons. The van der Waals surface area contributed by atoms with Crippen LogP contribution in [0, 0.1) is 5.92 Å². The summed E-state index contributed by atoms with van der Waals surface area (Å²) in [7, 11) is -2.16. The lowest BCUT2D eigenvalue weighted by Gasteiger charge is -2.23. The van der Waals surface area contributed by atoms with Gasteiger partial charge in [0, 0.05) is 12.2 Å². The Labute approximate surface area is 219 Å². The number of aliphatic carboxylic acids is 1. The number of benzene rings is 2. The fourth-order valence-corrected chi connectivity index (χ4v) is 5.45. The Kier molecular flexibility index (Phi) is 9.29. The number of hydrogen-bond donors (Lipinski definition) is 3. The van der Waals surface area contributed by atoms with Crippen molar-refractivity contribution >= 4 is 27.6 Å². The Hall–Kier alpha value is -3.28. The molecule has 2 aromatic rings. The third kappa shape index (κ3) is 7.62. The minimum absolute atomic E-state index is 0.102. The van der Waals surface area contributed by atoms with E-state index in [1.54, 1.807) is 24.3 Å². The molecule has 0 spiro atoms. The van der Waals surface area contributed by atoms with Crippen LogP contribution < -0.4 is 14.8 Å². The second kappa shape index (κ2) is 12.1. The normalized spacial score (nSPS) is 16.9. The number of amides is 1. The number of rotatable bonds is 8. The highest BCUT2D eigenvalue weighted by atomic mass is 32.2. The topological polar surface area (TPSA) is 122 Å². The fraction of sp³-hybridized carbons (Fsp3) is 0.462. The van der Waals surface area contributed by atoms with Gasteiger partial charge in [-0.2, -0.15) is 13.2 Å². The van der Waals surface area contributed by atoms with Gasteiger partial charge in [-0.15, -0.1) is 0 Å². The van der Waals surface area contributed by atoms with Crippen LogP contribution in [0.1, 0.15) is 50.5 Å². The van der Waals surface area contributed by atoms with Crippen molar-refractivity contribution in [3.8, 4) is 5.75 Å². The number of alkyl halides is 3. The van der Waals surface area contributed by atoms with E-state index < -0.39 is 27.6 Å². The number of carboxylic acid groups (broad SMARTS) is 1. The molecule has 0 aliphatic heterocycles. The van der Waals surface area contributed by atoms with Gasteiger partial charge in [0.25, 0.3) is 10.0 Å². The molecule has 0 aromatic heterocycles. The second-order valence-corrected chi connectivity index (χ2v) is 11.1. The van der Waals surface area contributed by atoms with E-state index in [0.717, 1.165) is 24.9 Å². The summed E-state index contributed by atoms with van der Waals surface area (Å²) in [6.45, 7) is 0.764. The minimum Gasteiger partial charge on any atom is -0.497 e. The zero-order valence-corrected chi connectivity index (χ0v) is 21.7. The van der Waals surface area contributed by atoms with E-state index >= 15 is 0 Å². The number of sulfonamides is 1. The van der Waals surface area contributed by atoms with Gasteiger partial charge < -0.3 is 15.2 Å². The molecule has 0 atom stereocenters. The van der Waals surface area contributed by atoms with E-state index in [4.69, 9.17) is 14.6 Å². The summed E-state index contributed by atoms with van der Waals surface area (Å²) in [6, 6.07) is 13.4. The zero-order chi connectivity index (χ0) is 28.0. The molecule has 0 radical (unpaired) electrons. The van der Waals surface area contributed by atoms with E-state index in [-0.39, 0.29) is 10.8 Å². The smallest absolute Gasteiger partial charge is 0.490 e. The number of nitrogens with one attached hydrogen (secondary N) is 2. The van der Waals surface area contributed by atoms with Gasteiger partial charge in [-0.1, -0.05) is 31.4 Å². The minimum atomic E-state index is -5.08. The molecule has 0 heterocycles. The lowest BCUT2D eigenvalue weighted by Crippen LogP contribution is -2.38. The van der Waals surface area contributed by atoms with E-state index in [0.29, 0.717) is 17.4 Å². The number of carboxylic acids is 1. The van der Waals surface area contributed by atoms with Crippen molar-refractivity contribution in [1.82, 2.24) is 5.32 Å². The first-order valence-electron chi connectivity index (χ1n) is 12.2. The molecule has 2 fully saturated rings. The number of carbonyl (C=O) groups is 2. The predicted octanol–water partition coefficient (Wildman–Crippen LogP) is 4.86. The average Bonchev–Trinajstić information content (AvgIpc) is 3.70. The first-order valence-corrected chi connectivity index (χ1v) is 13.7. The van der Waals surface area contributed by atoms with Crippen molar-refractivity contribution in [3.63, 3.8) is 0 Å². The number of methoxy groups -OCH3 is 1. The molecule has 2 aromatic carbocycles. The summed E-state index contributed by atoms with van der Waals surface area (Å²) in [6.07, 6.45) is 2.83. The highest BCUT2D eigenvalue weighted by Crippen LogP contribution is 2.48. The first kappa shape index (κ1) is 29.3. The van der Waals surface area contributed by atoms with Crippen molar-refractivity contribution in [2.24, 2.45) is 5.92 Å². The zero-order valence-electron chi connectivity index (χ0n) is 20.9. The highest BCUT2D eigenvalue weighted by molar-refractivity contribution is 7.92. The summed E-state index contributed by atoms with van der Waals surface area (Å²) in [5, 5.41) is 10.3. The molecular weight excluding hydrogens is 525 g/mol. The quantitative estimate of drug-likeness (QED) is 0.427. The predicted molar refractivity (Wildman–Crippen MR) is 134 cm³/mol. The van der Waals surface area contributed by atoms with Crippen LogP contribution in [0.15, 0.2) is 53.4 Å². The van der Waals surface area contributed by atoms with Crippen molar-refractivity contribution < 1.29 is 41.0 Å². The molecule has 8 nitrogen and oxygen atoms in total. The standard InChI is InChI=1S/C24H30N2O4S.C2HF3O2/c1-30-21-11-13-22(14-12-21)31(28,29)26-20-9-7-19(8-10-20)24(15-16-24)23(27)25-17-18-5-3-2-4-6-18;3-2(4,5)1(6)7/h7-14,18,26H,2-6,15-17H2,1H3,(H,25,27);(H,6,7). The van der Waals surface area contributed by atoms with Gasteiger partial charge in [-0.3, -0.25) is 9.52 Å². The van der Waals surface area contributed by atoms with Crippen molar-refractivity contribution in [2.45, 2.75) is 61.4 Å². The monoisotopic (exact) mass is 556 g/mol. The number of anilines is 1. The van der Waals surface area contributed by atoms with Gasteiger partial charge in [0.2, 0.25) is 5.91 Å². The molecule has 1 amide bonds. The Bertz CT molecular complexity index is 1210. The van der Waals surface area contributed by atoms with Crippen LogP contribution in [0.3, 0.4) is 0 Å². The number of hydrogen-bond acceptors (Lipinski definition) is 5. The average molecular weight is 557 g/mol. The maximum atomic E-state index is 12.9. The molecule has 38 heavy (non-hydrogen) atoms. The van der Waals surface area contributed by atoms with E-state index in [1.807, 2.05) is 12.1 Å². The van der Waals surface area contributed by atoms with Crippen LogP contribution in [0.2, 0.25) is 0 Å². The van der Waals surface area contributed by atoms with Gasteiger partial charge in [0.05, 0.1) is 17.4 Å². The molecule has 0 unspecified atom stereocenters. The molecule has 0 bridgehead atoms. The Morgan fingerprint density at radius 1 is 1.00 bits per heavy atom. The van der Waals surface area contributed by atoms with Gasteiger partial charge >= 0.3 is 12.1 Å². The first-order chi connectivity index (χ1) is 17.9. The van der Waals surface area contributed by atoms with Gasteiger partial charge in [0.15, 0.2) is 0 Å². The van der Waals surface area contributed by atoms with Gasteiger partial charge in [-0.05, 0) is 73.6 Å². The molecular formula is C26H31F3N2O6S. The number of carbonyl (C=O) groups excluding carboxylic acids is 1. The second-order valence-electron chi connectivity index (χ2n) is 9.46. The molecule has 4 rings (SSSR count). The molecule has 12 heteroatoms. The summed E-state index contributed by atoms with van der Waals surface area (Å²) in [5.74, 6) is -1.46. The van der Waals surface area contributed by atoms with E-state index in [9.17, 15) is 26.4 Å². The maximum absolute atomic E-state index is 12.9. The molecule has 2 saturated carbocycles. The number of halogens is 3. The summed E-state index contributed by atoms with van der Waals surface area (Å²) in [4.78, 5) is 21.9. The molecule has 2 aliphatic rings. The summed E-state index contributed by atoms with van der Waals surface area (Å²) < 4.78 is 64.7. The molecule has 0 saturated heterocycles. The summed E-state index contributed by atoms with van der Waals surface area (Å²) in [5.41, 5.74) is 0.959.